The van der Waals surface area contributed by atoms with E-state index in [4.69, 9.17) is 14.2 Å². The van der Waals surface area contributed by atoms with E-state index in [9.17, 15) is 14.9 Å². The van der Waals surface area contributed by atoms with Crippen LogP contribution in [0, 0.1) is 10.1 Å². The van der Waals surface area contributed by atoms with Crippen molar-refractivity contribution in [3.63, 3.8) is 0 Å². The van der Waals surface area contributed by atoms with Crippen LogP contribution >= 0.6 is 0 Å². The predicted octanol–water partition coefficient (Wildman–Crippen LogP) is 10.7. The van der Waals surface area contributed by atoms with Gasteiger partial charge in [-0.05, 0) is 73.7 Å². The Morgan fingerprint density at radius 2 is 1.27 bits per heavy atom. The molecule has 0 aliphatic heterocycles. The van der Waals surface area contributed by atoms with Crippen molar-refractivity contribution in [1.82, 2.24) is 0 Å². The molecule has 3 aromatic rings. The first-order valence-corrected chi connectivity index (χ1v) is 16.4. The molecule has 7 nitrogen and oxygen atoms in total. The molecule has 0 heterocycles. The minimum Gasteiger partial charge on any atom is -0.494 e. The second kappa shape index (κ2) is 19.4. The molecular weight excluding hydrogens is 554 g/mol. The molecule has 0 saturated heterocycles. The molecule has 0 amide bonds. The fraction of sp³-hybridized carbons (Fsp3) is 0.486. The Hall–Kier alpha value is -3.87. The summed E-state index contributed by atoms with van der Waals surface area (Å²) >= 11 is 0. The first-order chi connectivity index (χ1) is 21.4. The van der Waals surface area contributed by atoms with Gasteiger partial charge in [0, 0.05) is 0 Å². The van der Waals surface area contributed by atoms with Gasteiger partial charge >= 0.3 is 11.7 Å². The Morgan fingerprint density at radius 3 is 1.89 bits per heavy atom. The fourth-order valence-electron chi connectivity index (χ4n) is 5.07. The molecule has 0 aliphatic carbocycles. The summed E-state index contributed by atoms with van der Waals surface area (Å²) in [5.74, 6) is 0.528. The van der Waals surface area contributed by atoms with Crippen LogP contribution < -0.4 is 14.2 Å². The van der Waals surface area contributed by atoms with Gasteiger partial charge < -0.3 is 14.2 Å². The van der Waals surface area contributed by atoms with Crippen LogP contribution in [-0.2, 0) is 0 Å². The molecule has 0 aromatic heterocycles. The maximum Gasteiger partial charge on any atom is 0.343 e. The number of rotatable bonds is 21. The summed E-state index contributed by atoms with van der Waals surface area (Å²) in [6, 6.07) is 19.3. The summed E-state index contributed by atoms with van der Waals surface area (Å²) in [5, 5.41) is 11.7. The van der Waals surface area contributed by atoms with Gasteiger partial charge in [-0.1, -0.05) is 102 Å². The lowest BCUT2D eigenvalue weighted by atomic mass is 10.0. The van der Waals surface area contributed by atoms with Crippen molar-refractivity contribution >= 4 is 11.7 Å². The van der Waals surface area contributed by atoms with Gasteiger partial charge in [0.1, 0.15) is 11.5 Å². The average molecular weight is 604 g/mol. The Kier molecular flexibility index (Phi) is 15.3. The standard InChI is InChI=1S/C37H49NO6/c1-4-6-8-10-11-12-13-15-27-42-33-23-21-31(22-24-33)30-17-19-32(20-18-30)37(39)44-34-25-26-36(35(28-34)38(40)41)43-29(3)16-14-9-7-5-2/h17-26,28-29H,4-16,27H2,1-3H3/t29-/m0/s1. The number of hydrogen-bond donors (Lipinski definition) is 0. The van der Waals surface area contributed by atoms with E-state index in [2.05, 4.69) is 13.8 Å². The molecular formula is C37H49NO6. The van der Waals surface area contributed by atoms with Gasteiger partial charge in [-0.2, -0.15) is 0 Å². The third-order valence-corrected chi connectivity index (χ3v) is 7.70. The van der Waals surface area contributed by atoms with Crippen LogP contribution in [-0.4, -0.2) is 23.6 Å². The Labute approximate surface area is 263 Å². The second-order valence-electron chi connectivity index (χ2n) is 11.5. The Morgan fingerprint density at radius 1 is 0.727 bits per heavy atom. The molecule has 0 spiro atoms. The van der Waals surface area contributed by atoms with E-state index in [-0.39, 0.29) is 23.3 Å². The lowest BCUT2D eigenvalue weighted by Crippen LogP contribution is -2.13. The topological polar surface area (TPSA) is 87.9 Å². The van der Waals surface area contributed by atoms with Gasteiger partial charge in [0.15, 0.2) is 5.75 Å². The molecule has 0 aliphatic rings. The van der Waals surface area contributed by atoms with E-state index in [0.29, 0.717) is 5.56 Å². The van der Waals surface area contributed by atoms with Crippen LogP contribution in [0.2, 0.25) is 0 Å². The molecule has 0 unspecified atom stereocenters. The number of nitro groups is 1. The van der Waals surface area contributed by atoms with Crippen molar-refractivity contribution in [3.05, 3.63) is 82.4 Å². The molecule has 0 saturated carbocycles. The van der Waals surface area contributed by atoms with Crippen LogP contribution in [0.5, 0.6) is 17.2 Å². The van der Waals surface area contributed by atoms with E-state index < -0.39 is 10.9 Å². The summed E-state index contributed by atoms with van der Waals surface area (Å²) in [6.45, 7) is 7.03. The van der Waals surface area contributed by atoms with Gasteiger partial charge in [-0.15, -0.1) is 0 Å². The SMILES string of the molecule is CCCCCCCCCCOc1ccc(-c2ccc(C(=O)Oc3ccc(O[C@@H](C)CCCCCC)c([N+](=O)[O-])c3)cc2)cc1. The molecule has 3 rings (SSSR count). The zero-order valence-corrected chi connectivity index (χ0v) is 26.7. The van der Waals surface area contributed by atoms with Crippen LogP contribution in [0.4, 0.5) is 5.69 Å². The van der Waals surface area contributed by atoms with Gasteiger partial charge in [-0.25, -0.2) is 4.79 Å². The van der Waals surface area contributed by atoms with E-state index >= 15 is 0 Å². The van der Waals surface area contributed by atoms with Gasteiger partial charge in [0.05, 0.1) is 29.3 Å². The summed E-state index contributed by atoms with van der Waals surface area (Å²) in [5.41, 5.74) is 2.09. The molecule has 1 atom stereocenters. The van der Waals surface area contributed by atoms with Crippen LogP contribution in [0.1, 0.15) is 115 Å². The molecule has 0 N–H and O–H groups in total. The first-order valence-electron chi connectivity index (χ1n) is 16.4. The maximum atomic E-state index is 12.8. The number of carbonyl (C=O) groups is 1. The highest BCUT2D eigenvalue weighted by Gasteiger charge is 2.20. The number of ether oxygens (including phenoxy) is 3. The number of nitrogens with zero attached hydrogens (tertiary/aromatic N) is 1. The third-order valence-electron chi connectivity index (χ3n) is 7.70. The molecule has 0 bridgehead atoms. The smallest absolute Gasteiger partial charge is 0.343 e. The van der Waals surface area contributed by atoms with E-state index in [1.165, 1.54) is 63.1 Å². The molecule has 7 heteroatoms. The molecule has 0 fully saturated rings. The minimum absolute atomic E-state index is 0.0938. The zero-order chi connectivity index (χ0) is 31.6. The highest BCUT2D eigenvalue weighted by Crippen LogP contribution is 2.33. The van der Waals surface area contributed by atoms with Crippen molar-refractivity contribution < 1.29 is 23.9 Å². The molecule has 0 radical (unpaired) electrons. The number of unbranched alkanes of at least 4 members (excludes halogenated alkanes) is 10. The summed E-state index contributed by atoms with van der Waals surface area (Å²) < 4.78 is 17.2. The highest BCUT2D eigenvalue weighted by atomic mass is 16.6. The normalized spacial score (nSPS) is 11.6. The summed E-state index contributed by atoms with van der Waals surface area (Å²) in [6.07, 6.45) is 15.3. The number of hydrogen-bond acceptors (Lipinski definition) is 6. The van der Waals surface area contributed by atoms with E-state index in [1.807, 2.05) is 43.3 Å². The van der Waals surface area contributed by atoms with Gasteiger partial charge in [0.2, 0.25) is 0 Å². The largest absolute Gasteiger partial charge is 0.494 e. The Balaban J connectivity index is 1.49. The van der Waals surface area contributed by atoms with E-state index in [0.717, 1.165) is 62.0 Å². The van der Waals surface area contributed by atoms with Crippen LogP contribution in [0.3, 0.4) is 0 Å². The van der Waals surface area contributed by atoms with Gasteiger partial charge in [-0.3, -0.25) is 10.1 Å². The minimum atomic E-state index is -0.589. The predicted molar refractivity (Wildman–Crippen MR) is 177 cm³/mol. The summed E-state index contributed by atoms with van der Waals surface area (Å²) in [4.78, 5) is 24.0. The van der Waals surface area contributed by atoms with Crippen LogP contribution in [0.15, 0.2) is 66.7 Å². The summed E-state index contributed by atoms with van der Waals surface area (Å²) in [7, 11) is 0. The van der Waals surface area contributed by atoms with Crippen molar-refractivity contribution in [2.75, 3.05) is 6.61 Å². The lowest BCUT2D eigenvalue weighted by Gasteiger charge is -2.15. The maximum absolute atomic E-state index is 12.8. The second-order valence-corrected chi connectivity index (χ2v) is 11.5. The van der Waals surface area contributed by atoms with E-state index in [1.54, 1.807) is 12.1 Å². The van der Waals surface area contributed by atoms with Crippen LogP contribution in [0.25, 0.3) is 11.1 Å². The third kappa shape index (κ3) is 12.0. The van der Waals surface area contributed by atoms with Gasteiger partial charge in [0.25, 0.3) is 0 Å². The quantitative estimate of drug-likeness (QED) is 0.0396. The number of carbonyl (C=O) groups excluding carboxylic acids is 1. The number of nitro benzene ring substituents is 1. The molecule has 44 heavy (non-hydrogen) atoms. The highest BCUT2D eigenvalue weighted by molar-refractivity contribution is 5.91. The number of esters is 1. The lowest BCUT2D eigenvalue weighted by molar-refractivity contribution is -0.386. The van der Waals surface area contributed by atoms with Crippen molar-refractivity contribution in [2.24, 2.45) is 0 Å². The van der Waals surface area contributed by atoms with Crippen molar-refractivity contribution in [1.29, 1.82) is 0 Å². The molecule has 3 aromatic carbocycles. The van der Waals surface area contributed by atoms with Crippen molar-refractivity contribution in [3.8, 4) is 28.4 Å². The zero-order valence-electron chi connectivity index (χ0n) is 26.7. The monoisotopic (exact) mass is 603 g/mol. The Bertz CT molecular complexity index is 1270. The first kappa shape index (κ1) is 34.6. The molecule has 238 valence electrons. The average Bonchev–Trinajstić information content (AvgIpc) is 3.03. The fourth-order valence-corrected chi connectivity index (χ4v) is 5.07. The van der Waals surface area contributed by atoms with Crippen molar-refractivity contribution in [2.45, 2.75) is 110 Å². The number of benzene rings is 3.